The number of aromatic amines is 1. The molecule has 6 nitrogen and oxygen atoms in total. The highest BCUT2D eigenvalue weighted by Crippen LogP contribution is 2.40. The van der Waals surface area contributed by atoms with Crippen molar-refractivity contribution < 1.29 is 0 Å². The van der Waals surface area contributed by atoms with E-state index in [1.165, 1.54) is 5.57 Å². The van der Waals surface area contributed by atoms with Gasteiger partial charge in [0.05, 0.1) is 6.33 Å². The monoisotopic (exact) mass is 404 g/mol. The molecule has 3 heterocycles. The number of rotatable bonds is 4. The molecule has 1 aliphatic heterocycles. The van der Waals surface area contributed by atoms with Crippen LogP contribution in [-0.2, 0) is 0 Å². The molecule has 2 aromatic heterocycles. The molecule has 0 radical (unpaired) electrons. The van der Waals surface area contributed by atoms with E-state index in [0.29, 0.717) is 13.0 Å². The Morgan fingerprint density at radius 1 is 1.11 bits per heavy atom. The number of aromatic nitrogens is 4. The number of anilines is 1. The number of hydrogen-bond acceptors (Lipinski definition) is 5. The Morgan fingerprint density at radius 2 is 1.93 bits per heavy atom. The lowest BCUT2D eigenvalue weighted by Crippen LogP contribution is -2.44. The predicted octanol–water partition coefficient (Wildman–Crippen LogP) is 3.86. The molecule has 0 unspecified atom stereocenters. The van der Waals surface area contributed by atoms with Crippen molar-refractivity contribution in [2.45, 2.75) is 25.7 Å². The molecule has 3 N–H and O–H groups in total. The molecule has 1 aliphatic carbocycles. The first-order valence-corrected chi connectivity index (χ1v) is 9.85. The number of hydrogen-bond donors (Lipinski definition) is 2. The third-order valence-corrected chi connectivity index (χ3v) is 5.99. The Kier molecular flexibility index (Phi) is 5.21. The zero-order valence-corrected chi connectivity index (χ0v) is 16.5. The molecule has 2 aromatic rings. The number of nitrogens with one attached hydrogen (secondary N) is 1. The predicted molar refractivity (Wildman–Crippen MR) is 110 cm³/mol. The normalized spacial score (nSPS) is 20.1. The second kappa shape index (κ2) is 7.62. The number of allylic oxidation sites excluding steroid dienone is 6. The van der Waals surface area contributed by atoms with Gasteiger partial charge in [-0.25, -0.2) is 15.0 Å². The van der Waals surface area contributed by atoms with E-state index in [-0.39, 0.29) is 5.41 Å². The lowest BCUT2D eigenvalue weighted by molar-refractivity contribution is 0.227. The molecule has 0 amide bonds. The van der Waals surface area contributed by atoms with E-state index in [1.807, 2.05) is 12.2 Å². The van der Waals surface area contributed by atoms with Crippen molar-refractivity contribution in [3.63, 3.8) is 0 Å². The molecule has 0 atom stereocenters. The SMILES string of the molecule is NCC1(CC2=CC=C(Cl)CC(Cl)=C2)CCN(c2ncnc3[nH]cnc23)CC1. The van der Waals surface area contributed by atoms with Crippen LogP contribution < -0.4 is 10.6 Å². The zero-order chi connectivity index (χ0) is 18.9. The van der Waals surface area contributed by atoms with Crippen LogP contribution in [0.25, 0.3) is 11.2 Å². The summed E-state index contributed by atoms with van der Waals surface area (Å²) in [5, 5.41) is 1.53. The topological polar surface area (TPSA) is 83.7 Å². The molecule has 0 saturated carbocycles. The van der Waals surface area contributed by atoms with Crippen molar-refractivity contribution in [2.75, 3.05) is 24.5 Å². The van der Waals surface area contributed by atoms with Gasteiger partial charge in [0.15, 0.2) is 11.5 Å². The third kappa shape index (κ3) is 3.88. The van der Waals surface area contributed by atoms with E-state index in [4.69, 9.17) is 28.9 Å². The van der Waals surface area contributed by atoms with Crippen LogP contribution in [-0.4, -0.2) is 39.6 Å². The fraction of sp³-hybridized carbons (Fsp3) is 0.421. The second-order valence-corrected chi connectivity index (χ2v) is 8.26. The molecule has 4 rings (SSSR count). The number of fused-ring (bicyclic) bond motifs is 1. The van der Waals surface area contributed by atoms with Gasteiger partial charge in [-0.3, -0.25) is 0 Å². The smallest absolute Gasteiger partial charge is 0.162 e. The Hall–Kier alpha value is -1.89. The van der Waals surface area contributed by atoms with Crippen LogP contribution in [0, 0.1) is 5.41 Å². The van der Waals surface area contributed by atoms with Gasteiger partial charge in [0.25, 0.3) is 0 Å². The molecule has 8 heteroatoms. The average molecular weight is 405 g/mol. The van der Waals surface area contributed by atoms with Gasteiger partial charge in [-0.05, 0) is 48.9 Å². The Labute approximate surface area is 168 Å². The Balaban J connectivity index is 1.51. The summed E-state index contributed by atoms with van der Waals surface area (Å²) in [6.07, 6.45) is 12.8. The molecular weight excluding hydrogens is 383 g/mol. The first kappa shape index (κ1) is 18.5. The molecule has 0 bridgehead atoms. The van der Waals surface area contributed by atoms with E-state index in [0.717, 1.165) is 59.4 Å². The summed E-state index contributed by atoms with van der Waals surface area (Å²) in [5.74, 6) is 0.887. The molecule has 142 valence electrons. The number of nitrogens with zero attached hydrogens (tertiary/aromatic N) is 4. The van der Waals surface area contributed by atoms with E-state index >= 15 is 0 Å². The summed E-state index contributed by atoms with van der Waals surface area (Å²) in [4.78, 5) is 18.4. The number of halogens is 2. The Bertz CT molecular complexity index is 921. The minimum Gasteiger partial charge on any atom is -0.355 e. The average Bonchev–Trinajstić information content (AvgIpc) is 3.09. The van der Waals surface area contributed by atoms with Gasteiger partial charge in [-0.15, -0.1) is 0 Å². The van der Waals surface area contributed by atoms with Crippen molar-refractivity contribution in [1.29, 1.82) is 0 Å². The molecule has 1 saturated heterocycles. The lowest BCUT2D eigenvalue weighted by atomic mass is 9.73. The molecular formula is C19H22Cl2N6. The van der Waals surface area contributed by atoms with Crippen molar-refractivity contribution >= 4 is 40.2 Å². The summed E-state index contributed by atoms with van der Waals surface area (Å²) < 4.78 is 0. The Morgan fingerprint density at radius 3 is 2.70 bits per heavy atom. The van der Waals surface area contributed by atoms with Gasteiger partial charge in [0.1, 0.15) is 11.8 Å². The summed E-state index contributed by atoms with van der Waals surface area (Å²) in [6.45, 7) is 2.41. The van der Waals surface area contributed by atoms with Crippen LogP contribution in [0.1, 0.15) is 25.7 Å². The van der Waals surface area contributed by atoms with Gasteiger partial charge in [-0.1, -0.05) is 29.3 Å². The van der Waals surface area contributed by atoms with E-state index < -0.39 is 0 Å². The first-order chi connectivity index (χ1) is 13.1. The zero-order valence-electron chi connectivity index (χ0n) is 15.0. The van der Waals surface area contributed by atoms with E-state index in [1.54, 1.807) is 12.7 Å². The quantitative estimate of drug-likeness (QED) is 0.807. The summed E-state index contributed by atoms with van der Waals surface area (Å²) in [5.41, 5.74) is 9.06. The van der Waals surface area contributed by atoms with E-state index in [2.05, 4.69) is 30.9 Å². The van der Waals surface area contributed by atoms with Crippen LogP contribution in [0.4, 0.5) is 5.82 Å². The van der Waals surface area contributed by atoms with Crippen molar-refractivity contribution in [2.24, 2.45) is 11.1 Å². The van der Waals surface area contributed by atoms with Gasteiger partial charge in [0, 0.05) is 29.6 Å². The first-order valence-electron chi connectivity index (χ1n) is 9.09. The number of H-pyrrole nitrogens is 1. The maximum Gasteiger partial charge on any atom is 0.162 e. The standard InChI is InChI=1S/C19H22Cl2N6/c20-14-2-1-13(7-15(21)8-14)9-19(10-22)3-5-27(6-4-19)18-16-17(24-11-23-16)25-12-26-18/h1-2,7,11-12H,3-6,8-10,22H2,(H,23,24,25,26). The van der Waals surface area contributed by atoms with Crippen LogP contribution in [0.5, 0.6) is 0 Å². The van der Waals surface area contributed by atoms with Crippen molar-refractivity contribution in [1.82, 2.24) is 19.9 Å². The molecule has 1 fully saturated rings. The largest absolute Gasteiger partial charge is 0.355 e. The highest BCUT2D eigenvalue weighted by molar-refractivity contribution is 6.34. The minimum atomic E-state index is 0.0539. The number of imidazole rings is 1. The van der Waals surface area contributed by atoms with Gasteiger partial charge < -0.3 is 15.6 Å². The molecule has 0 aromatic carbocycles. The fourth-order valence-corrected chi connectivity index (χ4v) is 4.45. The molecule has 27 heavy (non-hydrogen) atoms. The van der Waals surface area contributed by atoms with Gasteiger partial charge >= 0.3 is 0 Å². The van der Waals surface area contributed by atoms with Gasteiger partial charge in [0.2, 0.25) is 0 Å². The highest BCUT2D eigenvalue weighted by Gasteiger charge is 2.35. The molecule has 2 aliphatic rings. The number of piperidine rings is 1. The molecule has 0 spiro atoms. The van der Waals surface area contributed by atoms with Crippen LogP contribution in [0.3, 0.4) is 0 Å². The summed E-state index contributed by atoms with van der Waals surface area (Å²) >= 11 is 12.5. The van der Waals surface area contributed by atoms with Gasteiger partial charge in [-0.2, -0.15) is 0 Å². The summed E-state index contributed by atoms with van der Waals surface area (Å²) in [6, 6.07) is 0. The van der Waals surface area contributed by atoms with Crippen molar-refractivity contribution in [3.8, 4) is 0 Å². The second-order valence-electron chi connectivity index (χ2n) is 7.29. The maximum absolute atomic E-state index is 6.30. The van der Waals surface area contributed by atoms with Crippen LogP contribution in [0.15, 0.2) is 46.5 Å². The fourth-order valence-electron chi connectivity index (χ4n) is 3.89. The van der Waals surface area contributed by atoms with Crippen LogP contribution in [0.2, 0.25) is 0 Å². The lowest BCUT2D eigenvalue weighted by Gasteiger charge is -2.42. The minimum absolute atomic E-state index is 0.0539. The third-order valence-electron chi connectivity index (χ3n) is 5.49. The van der Waals surface area contributed by atoms with Crippen molar-refractivity contribution in [3.05, 3.63) is 46.5 Å². The van der Waals surface area contributed by atoms with E-state index in [9.17, 15) is 0 Å². The highest BCUT2D eigenvalue weighted by atomic mass is 35.5. The van der Waals surface area contributed by atoms with Crippen LogP contribution >= 0.6 is 23.2 Å². The summed E-state index contributed by atoms with van der Waals surface area (Å²) in [7, 11) is 0. The maximum atomic E-state index is 6.30. The number of nitrogens with two attached hydrogens (primary N) is 1.